The van der Waals surface area contributed by atoms with Crippen LogP contribution in [-0.2, 0) is 30.8 Å². The van der Waals surface area contributed by atoms with Crippen LogP contribution in [0.5, 0.6) is 0 Å². The molecular formula is C22H24ClF2N5O5S2. The van der Waals surface area contributed by atoms with Crippen LogP contribution in [0.4, 0.5) is 14.5 Å². The lowest BCUT2D eigenvalue weighted by molar-refractivity contribution is -0.132. The molecule has 2 atom stereocenters. The number of nitrogens with two attached hydrogens (primary N) is 1. The fraction of sp³-hybridized carbons (Fsp3) is 0.364. The Bertz CT molecular complexity index is 1330. The SMILES string of the molecule is NS(=O)c1cccc(N(C(=O)CNS(=O)(=O)N2CC2)[C@@H](C(=O)NC2CC(F)(F)C2)c2ccccc2Cl)c1. The molecule has 15 heteroatoms. The lowest BCUT2D eigenvalue weighted by atomic mass is 9.87. The van der Waals surface area contributed by atoms with Crippen LogP contribution in [-0.4, -0.2) is 60.3 Å². The second-order valence-electron chi connectivity index (χ2n) is 8.68. The van der Waals surface area contributed by atoms with E-state index in [1.807, 2.05) is 0 Å². The quantitative estimate of drug-likeness (QED) is 0.368. The summed E-state index contributed by atoms with van der Waals surface area (Å²) >= 11 is 6.39. The van der Waals surface area contributed by atoms with E-state index >= 15 is 0 Å². The highest BCUT2D eigenvalue weighted by atomic mass is 35.5. The monoisotopic (exact) mass is 575 g/mol. The maximum absolute atomic E-state index is 13.5. The van der Waals surface area contributed by atoms with Gasteiger partial charge in [-0.1, -0.05) is 35.9 Å². The van der Waals surface area contributed by atoms with Crippen molar-refractivity contribution in [3.63, 3.8) is 0 Å². The number of halogens is 3. The minimum atomic E-state index is -3.91. The molecule has 2 aliphatic rings. The first-order valence-corrected chi connectivity index (χ1v) is 14.2. The zero-order chi connectivity index (χ0) is 27.0. The van der Waals surface area contributed by atoms with Gasteiger partial charge >= 0.3 is 0 Å². The number of alkyl halides is 2. The van der Waals surface area contributed by atoms with Crippen molar-refractivity contribution >= 4 is 50.3 Å². The van der Waals surface area contributed by atoms with Crippen molar-refractivity contribution in [1.29, 1.82) is 0 Å². The summed E-state index contributed by atoms with van der Waals surface area (Å²) in [4.78, 5) is 28.2. The fourth-order valence-corrected chi connectivity index (χ4v) is 5.68. The number of carbonyl (C=O) groups excluding carboxylic acids is 2. The predicted octanol–water partition coefficient (Wildman–Crippen LogP) is 1.46. The molecule has 37 heavy (non-hydrogen) atoms. The van der Waals surface area contributed by atoms with Crippen LogP contribution in [0.25, 0.3) is 0 Å². The van der Waals surface area contributed by atoms with Crippen LogP contribution >= 0.6 is 11.6 Å². The number of hydrogen-bond acceptors (Lipinski definition) is 5. The van der Waals surface area contributed by atoms with Gasteiger partial charge in [0.25, 0.3) is 16.1 Å². The minimum absolute atomic E-state index is 0.0752. The van der Waals surface area contributed by atoms with Crippen molar-refractivity contribution in [2.75, 3.05) is 24.5 Å². The van der Waals surface area contributed by atoms with Gasteiger partial charge in [-0.05, 0) is 24.3 Å². The molecule has 1 saturated carbocycles. The molecule has 0 bridgehead atoms. The van der Waals surface area contributed by atoms with Gasteiger partial charge < -0.3 is 5.32 Å². The molecular weight excluding hydrogens is 552 g/mol. The molecule has 200 valence electrons. The number of nitrogens with zero attached hydrogens (tertiary/aromatic N) is 2. The molecule has 1 aliphatic carbocycles. The van der Waals surface area contributed by atoms with Crippen molar-refractivity contribution in [3.05, 3.63) is 59.1 Å². The molecule has 1 unspecified atom stereocenters. The van der Waals surface area contributed by atoms with Crippen molar-refractivity contribution in [2.45, 2.75) is 35.7 Å². The number of benzene rings is 2. The van der Waals surface area contributed by atoms with Crippen LogP contribution in [0.3, 0.4) is 0 Å². The summed E-state index contributed by atoms with van der Waals surface area (Å²) in [6, 6.07) is 9.56. The molecule has 0 spiro atoms. The predicted molar refractivity (Wildman–Crippen MR) is 133 cm³/mol. The number of nitrogens with one attached hydrogen (secondary N) is 2. The number of hydrogen-bond donors (Lipinski definition) is 3. The maximum atomic E-state index is 13.5. The normalized spacial score (nSPS) is 18.9. The number of carbonyl (C=O) groups is 2. The fourth-order valence-electron chi connectivity index (χ4n) is 3.94. The Labute approximate surface area is 219 Å². The lowest BCUT2D eigenvalue weighted by Crippen LogP contribution is -2.55. The minimum Gasteiger partial charge on any atom is -0.351 e. The molecule has 1 saturated heterocycles. The Morgan fingerprint density at radius 3 is 2.46 bits per heavy atom. The van der Waals surface area contributed by atoms with E-state index in [1.165, 1.54) is 36.4 Å². The van der Waals surface area contributed by atoms with Gasteiger partial charge in [0.05, 0.1) is 11.4 Å². The molecule has 2 aromatic rings. The molecule has 2 fully saturated rings. The van der Waals surface area contributed by atoms with Crippen LogP contribution < -0.4 is 20.1 Å². The van der Waals surface area contributed by atoms with Crippen molar-refractivity contribution in [2.24, 2.45) is 5.14 Å². The summed E-state index contributed by atoms with van der Waals surface area (Å²) in [5.41, 5.74) is 0.250. The molecule has 1 heterocycles. The van der Waals surface area contributed by atoms with Gasteiger partial charge in [-0.2, -0.15) is 17.4 Å². The van der Waals surface area contributed by atoms with E-state index in [0.29, 0.717) is 13.1 Å². The third-order valence-corrected chi connectivity index (χ3v) is 8.51. The highest BCUT2D eigenvalue weighted by Crippen LogP contribution is 2.39. The molecule has 0 aromatic heterocycles. The first kappa shape index (κ1) is 27.5. The Morgan fingerprint density at radius 1 is 1.19 bits per heavy atom. The molecule has 2 amide bonds. The Hall–Kier alpha value is -2.49. The van der Waals surface area contributed by atoms with Crippen molar-refractivity contribution in [3.8, 4) is 0 Å². The van der Waals surface area contributed by atoms with Crippen LogP contribution in [0, 0.1) is 0 Å². The zero-order valence-corrected chi connectivity index (χ0v) is 21.7. The van der Waals surface area contributed by atoms with Crippen LogP contribution in [0.1, 0.15) is 24.4 Å². The Morgan fingerprint density at radius 2 is 1.86 bits per heavy atom. The number of amides is 2. The summed E-state index contributed by atoms with van der Waals surface area (Å²) in [5.74, 6) is -4.54. The third kappa shape index (κ3) is 6.51. The maximum Gasteiger partial charge on any atom is 0.280 e. The van der Waals surface area contributed by atoms with E-state index in [0.717, 1.165) is 9.21 Å². The third-order valence-electron chi connectivity index (χ3n) is 5.89. The molecule has 1 aliphatic heterocycles. The average molecular weight is 576 g/mol. The number of anilines is 1. The largest absolute Gasteiger partial charge is 0.351 e. The molecule has 0 radical (unpaired) electrons. The summed E-state index contributed by atoms with van der Waals surface area (Å²) in [7, 11) is -5.84. The van der Waals surface area contributed by atoms with Gasteiger partial charge in [0.2, 0.25) is 11.8 Å². The topological polar surface area (TPSA) is 142 Å². The van der Waals surface area contributed by atoms with E-state index in [-0.39, 0.29) is 21.2 Å². The molecule has 10 nitrogen and oxygen atoms in total. The Balaban J connectivity index is 1.74. The first-order chi connectivity index (χ1) is 17.4. The first-order valence-electron chi connectivity index (χ1n) is 11.1. The van der Waals surface area contributed by atoms with Gasteiger partial charge in [0.1, 0.15) is 17.0 Å². The zero-order valence-electron chi connectivity index (χ0n) is 19.3. The highest BCUT2D eigenvalue weighted by molar-refractivity contribution is 7.87. The standard InChI is InChI=1S/C22H24ClF2N5O5S2/c23-18-7-2-1-6-17(18)20(21(32)28-14-11-22(24,25)12-14)30(15-4-3-5-16(10-15)36(26)33)19(31)13-27-37(34,35)29-8-9-29/h1-7,10,14,20,27H,8-9,11-13,26H2,(H,28,32)/t20-,36?/m1/s1. The summed E-state index contributed by atoms with van der Waals surface area (Å²) in [6.07, 6.45) is -1.11. The summed E-state index contributed by atoms with van der Waals surface area (Å²) in [5, 5.41) is 8.15. The summed E-state index contributed by atoms with van der Waals surface area (Å²) in [6.45, 7) is -0.0902. The van der Waals surface area contributed by atoms with Crippen LogP contribution in [0.15, 0.2) is 53.4 Å². The average Bonchev–Trinajstić information content (AvgIpc) is 3.67. The van der Waals surface area contributed by atoms with Gasteiger partial charge in [-0.3, -0.25) is 14.5 Å². The second kappa shape index (κ2) is 10.7. The van der Waals surface area contributed by atoms with Crippen LogP contribution in [0.2, 0.25) is 5.02 Å². The van der Waals surface area contributed by atoms with Gasteiger partial charge in [-0.25, -0.2) is 18.1 Å². The molecule has 2 aromatic carbocycles. The summed E-state index contributed by atoms with van der Waals surface area (Å²) < 4.78 is 66.7. The molecule has 4 rings (SSSR count). The lowest BCUT2D eigenvalue weighted by Gasteiger charge is -2.38. The Kier molecular flexibility index (Phi) is 7.97. The van der Waals surface area contributed by atoms with Gasteiger partial charge in [0.15, 0.2) is 0 Å². The van der Waals surface area contributed by atoms with Gasteiger partial charge in [-0.15, -0.1) is 0 Å². The van der Waals surface area contributed by atoms with E-state index < -0.39 is 70.4 Å². The van der Waals surface area contributed by atoms with Crippen molar-refractivity contribution in [1.82, 2.24) is 14.3 Å². The van der Waals surface area contributed by atoms with Crippen molar-refractivity contribution < 1.29 is 31.0 Å². The van der Waals surface area contributed by atoms with E-state index in [9.17, 15) is 31.0 Å². The highest BCUT2D eigenvalue weighted by Gasteiger charge is 2.47. The number of rotatable bonds is 10. The second-order valence-corrected chi connectivity index (χ2v) is 11.9. The van der Waals surface area contributed by atoms with E-state index in [1.54, 1.807) is 12.1 Å². The smallest absolute Gasteiger partial charge is 0.280 e. The van der Waals surface area contributed by atoms with E-state index in [4.69, 9.17) is 16.7 Å². The van der Waals surface area contributed by atoms with Gasteiger partial charge in [0, 0.05) is 48.2 Å². The molecule has 4 N–H and O–H groups in total. The van der Waals surface area contributed by atoms with E-state index in [2.05, 4.69) is 10.0 Å².